The molecule has 7 heteroatoms. The zero-order valence-corrected chi connectivity index (χ0v) is 14.7. The highest BCUT2D eigenvalue weighted by Crippen LogP contribution is 2.28. The number of rotatable bonds is 6. The van der Waals surface area contributed by atoms with Crippen molar-refractivity contribution in [3.05, 3.63) is 59.9 Å². The summed E-state index contributed by atoms with van der Waals surface area (Å²) in [5, 5.41) is 0. The highest BCUT2D eigenvalue weighted by atomic mass is 19.1. The maximum absolute atomic E-state index is 13.9. The quantitative estimate of drug-likeness (QED) is 0.577. The van der Waals surface area contributed by atoms with Gasteiger partial charge in [0, 0.05) is 13.0 Å². The zero-order valence-electron chi connectivity index (χ0n) is 14.7. The van der Waals surface area contributed by atoms with Gasteiger partial charge in [0.2, 0.25) is 11.7 Å². The second kappa shape index (κ2) is 7.99. The molecule has 0 radical (unpaired) electrons. The molecule has 0 aliphatic carbocycles. The molecular weight excluding hydrogens is 353 g/mol. The lowest BCUT2D eigenvalue weighted by Gasteiger charge is -2.17. The van der Waals surface area contributed by atoms with Crippen molar-refractivity contribution < 1.29 is 28.2 Å². The van der Waals surface area contributed by atoms with Crippen LogP contribution in [0.2, 0.25) is 0 Å². The minimum Gasteiger partial charge on any atom is -0.496 e. The van der Waals surface area contributed by atoms with Gasteiger partial charge in [-0.25, -0.2) is 4.39 Å². The van der Waals surface area contributed by atoms with Crippen LogP contribution < -0.4 is 9.64 Å². The lowest BCUT2D eigenvalue weighted by atomic mass is 10.1. The Kier molecular flexibility index (Phi) is 5.49. The lowest BCUT2D eigenvalue weighted by molar-refractivity contribution is -0.147. The minimum atomic E-state index is -0.748. The Hall–Kier alpha value is -3.22. The van der Waals surface area contributed by atoms with Gasteiger partial charge in [0.1, 0.15) is 11.6 Å². The average molecular weight is 371 g/mol. The number of ether oxygens (including phenoxy) is 2. The molecule has 1 saturated heterocycles. The number of anilines is 1. The Balaban J connectivity index is 1.61. The van der Waals surface area contributed by atoms with E-state index in [0.29, 0.717) is 11.3 Å². The summed E-state index contributed by atoms with van der Waals surface area (Å²) in [6, 6.07) is 12.5. The Morgan fingerprint density at radius 3 is 2.59 bits per heavy atom. The van der Waals surface area contributed by atoms with Crippen molar-refractivity contribution in [2.45, 2.75) is 6.42 Å². The number of benzene rings is 2. The maximum atomic E-state index is 13.9. The standard InChI is InChI=1S/C20H18FNO5/c1-26-18-9-5-2-6-14(18)17(23)12-27-20(25)13-10-19(24)22(11-13)16-8-4-3-7-15(16)21/h2-9,13H,10-12H2,1H3/t13-/m0/s1. The number of nitrogens with zero attached hydrogens (tertiary/aromatic N) is 1. The fourth-order valence-corrected chi connectivity index (χ4v) is 2.98. The van der Waals surface area contributed by atoms with Crippen LogP contribution in [0.4, 0.5) is 10.1 Å². The van der Waals surface area contributed by atoms with E-state index in [2.05, 4.69) is 0 Å². The minimum absolute atomic E-state index is 0.0153. The van der Waals surface area contributed by atoms with Crippen LogP contribution in [0.15, 0.2) is 48.5 Å². The van der Waals surface area contributed by atoms with Crippen LogP contribution in [0.1, 0.15) is 16.8 Å². The molecule has 0 aromatic heterocycles. The van der Waals surface area contributed by atoms with Crippen molar-refractivity contribution in [1.29, 1.82) is 0 Å². The molecule has 1 aliphatic heterocycles. The summed E-state index contributed by atoms with van der Waals surface area (Å²) in [7, 11) is 1.44. The number of ketones is 1. The van der Waals surface area contributed by atoms with Crippen molar-refractivity contribution >= 4 is 23.3 Å². The van der Waals surface area contributed by atoms with Crippen molar-refractivity contribution in [1.82, 2.24) is 0 Å². The molecule has 1 atom stereocenters. The van der Waals surface area contributed by atoms with Crippen LogP contribution >= 0.6 is 0 Å². The molecule has 0 unspecified atom stereocenters. The van der Waals surface area contributed by atoms with Gasteiger partial charge >= 0.3 is 5.97 Å². The number of amides is 1. The van der Waals surface area contributed by atoms with Gasteiger partial charge in [0.15, 0.2) is 6.61 Å². The summed E-state index contributed by atoms with van der Waals surface area (Å²) in [5.41, 5.74) is 0.436. The van der Waals surface area contributed by atoms with E-state index in [9.17, 15) is 18.8 Å². The summed E-state index contributed by atoms with van der Waals surface area (Å²) in [4.78, 5) is 37.9. The lowest BCUT2D eigenvalue weighted by Crippen LogP contribution is -2.27. The van der Waals surface area contributed by atoms with Gasteiger partial charge in [0.25, 0.3) is 0 Å². The second-order valence-corrected chi connectivity index (χ2v) is 6.09. The SMILES string of the molecule is COc1ccccc1C(=O)COC(=O)[C@H]1CC(=O)N(c2ccccc2F)C1. The fraction of sp³-hybridized carbons (Fsp3) is 0.250. The fourth-order valence-electron chi connectivity index (χ4n) is 2.98. The van der Waals surface area contributed by atoms with Crippen LogP contribution in [0, 0.1) is 11.7 Å². The Labute approximate surface area is 155 Å². The molecule has 0 bridgehead atoms. The Morgan fingerprint density at radius 2 is 1.85 bits per heavy atom. The third-order valence-electron chi connectivity index (χ3n) is 4.35. The molecule has 3 rings (SSSR count). The summed E-state index contributed by atoms with van der Waals surface area (Å²) in [6.07, 6.45) is -0.0873. The molecule has 2 aromatic carbocycles. The molecule has 27 heavy (non-hydrogen) atoms. The van der Waals surface area contributed by atoms with Gasteiger partial charge in [-0.3, -0.25) is 14.4 Å². The van der Waals surface area contributed by atoms with Gasteiger partial charge in [-0.05, 0) is 24.3 Å². The second-order valence-electron chi connectivity index (χ2n) is 6.09. The summed E-state index contributed by atoms with van der Waals surface area (Å²) in [5.74, 6) is -2.33. The number of carbonyl (C=O) groups is 3. The van der Waals surface area contributed by atoms with Crippen LogP contribution in [0.5, 0.6) is 5.75 Å². The van der Waals surface area contributed by atoms with Gasteiger partial charge in [0.05, 0.1) is 24.3 Å². The molecule has 1 aliphatic rings. The molecule has 1 fully saturated rings. The first kappa shape index (κ1) is 18.6. The molecule has 140 valence electrons. The molecule has 0 spiro atoms. The molecular formula is C20H18FNO5. The van der Waals surface area contributed by atoms with Crippen LogP contribution in [0.3, 0.4) is 0 Å². The van der Waals surface area contributed by atoms with E-state index in [0.717, 1.165) is 0 Å². The largest absolute Gasteiger partial charge is 0.496 e. The normalized spacial score (nSPS) is 16.3. The smallest absolute Gasteiger partial charge is 0.311 e. The van der Waals surface area contributed by atoms with Crippen molar-refractivity contribution in [2.24, 2.45) is 5.92 Å². The first-order valence-corrected chi connectivity index (χ1v) is 8.39. The van der Waals surface area contributed by atoms with E-state index in [4.69, 9.17) is 9.47 Å². The van der Waals surface area contributed by atoms with Crippen LogP contribution in [0.25, 0.3) is 0 Å². The first-order chi connectivity index (χ1) is 13.0. The molecule has 6 nitrogen and oxygen atoms in total. The van der Waals surface area contributed by atoms with Crippen LogP contribution in [-0.4, -0.2) is 37.9 Å². The molecule has 2 aromatic rings. The molecule has 0 saturated carbocycles. The molecule has 1 heterocycles. The third kappa shape index (κ3) is 3.97. The van der Waals surface area contributed by atoms with E-state index in [1.54, 1.807) is 30.3 Å². The number of hydrogen-bond donors (Lipinski definition) is 0. The van der Waals surface area contributed by atoms with Crippen molar-refractivity contribution in [2.75, 3.05) is 25.2 Å². The summed E-state index contributed by atoms with van der Waals surface area (Å²) < 4.78 is 24.1. The average Bonchev–Trinajstić information content (AvgIpc) is 3.07. The first-order valence-electron chi connectivity index (χ1n) is 8.39. The number of esters is 1. The van der Waals surface area contributed by atoms with E-state index < -0.39 is 30.1 Å². The summed E-state index contributed by atoms with van der Waals surface area (Å²) in [6.45, 7) is -0.439. The Bertz CT molecular complexity index is 882. The van der Waals surface area contributed by atoms with Crippen LogP contribution in [-0.2, 0) is 14.3 Å². The highest BCUT2D eigenvalue weighted by Gasteiger charge is 2.37. The molecule has 0 N–H and O–H groups in total. The van der Waals surface area contributed by atoms with E-state index in [-0.39, 0.29) is 24.6 Å². The van der Waals surface area contributed by atoms with E-state index >= 15 is 0 Å². The number of hydrogen-bond acceptors (Lipinski definition) is 5. The van der Waals surface area contributed by atoms with E-state index in [1.165, 1.54) is 30.2 Å². The van der Waals surface area contributed by atoms with E-state index in [1.807, 2.05) is 0 Å². The van der Waals surface area contributed by atoms with Crippen molar-refractivity contribution in [3.63, 3.8) is 0 Å². The Morgan fingerprint density at radius 1 is 1.15 bits per heavy atom. The highest BCUT2D eigenvalue weighted by molar-refractivity contribution is 6.02. The van der Waals surface area contributed by atoms with Gasteiger partial charge in [-0.1, -0.05) is 24.3 Å². The van der Waals surface area contributed by atoms with Gasteiger partial charge < -0.3 is 14.4 Å². The predicted molar refractivity (Wildman–Crippen MR) is 95.1 cm³/mol. The number of methoxy groups -OCH3 is 1. The number of carbonyl (C=O) groups excluding carboxylic acids is 3. The number of halogens is 1. The monoisotopic (exact) mass is 371 g/mol. The zero-order chi connectivity index (χ0) is 19.4. The summed E-state index contributed by atoms with van der Waals surface area (Å²) >= 11 is 0. The predicted octanol–water partition coefficient (Wildman–Crippen LogP) is 2.61. The third-order valence-corrected chi connectivity index (χ3v) is 4.35. The topological polar surface area (TPSA) is 72.9 Å². The van der Waals surface area contributed by atoms with Gasteiger partial charge in [-0.15, -0.1) is 0 Å². The number of para-hydroxylation sites is 2. The van der Waals surface area contributed by atoms with Gasteiger partial charge in [-0.2, -0.15) is 0 Å². The number of Topliss-reactive ketones (excluding diaryl/α,β-unsaturated/α-hetero) is 1. The van der Waals surface area contributed by atoms with Crippen molar-refractivity contribution in [3.8, 4) is 5.75 Å². The maximum Gasteiger partial charge on any atom is 0.311 e. The molecule has 1 amide bonds.